The summed E-state index contributed by atoms with van der Waals surface area (Å²) >= 11 is 1.62. The maximum absolute atomic E-state index is 12.6. The highest BCUT2D eigenvalue weighted by atomic mass is 32.1. The molecular formula is C21H24N2O3S. The van der Waals surface area contributed by atoms with Crippen molar-refractivity contribution in [2.75, 3.05) is 7.05 Å². The molecule has 2 heterocycles. The zero-order valence-electron chi connectivity index (χ0n) is 16.1. The number of hydrogen-bond acceptors (Lipinski definition) is 5. The third-order valence-corrected chi connectivity index (χ3v) is 5.26. The van der Waals surface area contributed by atoms with E-state index in [1.165, 1.54) is 5.56 Å². The SMILES string of the molecule is CCc1nc(CN(C)C(=O)c2ccc(COc3ccc(C)cc3C)o2)cs1. The summed E-state index contributed by atoms with van der Waals surface area (Å²) < 4.78 is 11.5. The van der Waals surface area contributed by atoms with E-state index in [-0.39, 0.29) is 12.5 Å². The average Bonchev–Trinajstić information content (AvgIpc) is 3.29. The molecule has 0 aliphatic carbocycles. The van der Waals surface area contributed by atoms with E-state index < -0.39 is 0 Å². The van der Waals surface area contributed by atoms with Crippen LogP contribution in [0.15, 0.2) is 40.1 Å². The molecule has 2 aromatic heterocycles. The third kappa shape index (κ3) is 4.77. The van der Waals surface area contributed by atoms with Crippen molar-refractivity contribution >= 4 is 17.2 Å². The Hall–Kier alpha value is -2.60. The Morgan fingerprint density at radius 3 is 2.78 bits per heavy atom. The molecule has 3 aromatic rings. The van der Waals surface area contributed by atoms with Gasteiger partial charge in [-0.15, -0.1) is 11.3 Å². The van der Waals surface area contributed by atoms with Gasteiger partial charge in [-0.05, 0) is 44.0 Å². The molecule has 27 heavy (non-hydrogen) atoms. The molecule has 0 fully saturated rings. The van der Waals surface area contributed by atoms with Gasteiger partial charge in [0.2, 0.25) is 0 Å². The molecule has 0 atom stereocenters. The number of nitrogens with zero attached hydrogens (tertiary/aromatic N) is 2. The van der Waals surface area contributed by atoms with E-state index in [0.29, 0.717) is 18.1 Å². The molecule has 0 aliphatic rings. The van der Waals surface area contributed by atoms with Crippen molar-refractivity contribution in [3.05, 3.63) is 69.1 Å². The average molecular weight is 385 g/mol. The lowest BCUT2D eigenvalue weighted by Crippen LogP contribution is -2.26. The van der Waals surface area contributed by atoms with E-state index >= 15 is 0 Å². The molecule has 1 amide bonds. The number of benzene rings is 1. The Kier molecular flexibility index (Phi) is 5.96. The van der Waals surface area contributed by atoms with Crippen LogP contribution in [0.2, 0.25) is 0 Å². The summed E-state index contributed by atoms with van der Waals surface area (Å²) in [7, 11) is 1.75. The van der Waals surface area contributed by atoms with Gasteiger partial charge in [0.05, 0.1) is 17.2 Å². The number of thiazole rings is 1. The standard InChI is InChI=1S/C21H24N2O3S/c1-5-20-22-16(13-27-20)11-23(4)21(24)19-9-7-17(26-19)12-25-18-8-6-14(2)10-15(18)3/h6-10,13H,5,11-12H2,1-4H3. The van der Waals surface area contributed by atoms with E-state index in [0.717, 1.165) is 28.4 Å². The Morgan fingerprint density at radius 2 is 2.07 bits per heavy atom. The number of aryl methyl sites for hydroxylation is 3. The van der Waals surface area contributed by atoms with Crippen LogP contribution in [-0.4, -0.2) is 22.8 Å². The van der Waals surface area contributed by atoms with E-state index in [1.54, 1.807) is 35.4 Å². The second-order valence-corrected chi connectivity index (χ2v) is 7.51. The number of aromatic nitrogens is 1. The fraction of sp³-hybridized carbons (Fsp3) is 0.333. The normalized spacial score (nSPS) is 10.8. The Morgan fingerprint density at radius 1 is 1.26 bits per heavy atom. The number of carbonyl (C=O) groups excluding carboxylic acids is 1. The monoisotopic (exact) mass is 384 g/mol. The summed E-state index contributed by atoms with van der Waals surface area (Å²) in [6.45, 7) is 6.88. The first-order valence-electron chi connectivity index (χ1n) is 8.93. The van der Waals surface area contributed by atoms with Gasteiger partial charge in [0, 0.05) is 12.4 Å². The predicted molar refractivity (Wildman–Crippen MR) is 106 cm³/mol. The fourth-order valence-electron chi connectivity index (χ4n) is 2.77. The van der Waals surface area contributed by atoms with Gasteiger partial charge in [-0.25, -0.2) is 4.98 Å². The molecule has 0 N–H and O–H groups in total. The highest BCUT2D eigenvalue weighted by molar-refractivity contribution is 7.09. The van der Waals surface area contributed by atoms with E-state index in [4.69, 9.17) is 9.15 Å². The van der Waals surface area contributed by atoms with Crippen LogP contribution in [-0.2, 0) is 19.6 Å². The molecule has 6 heteroatoms. The lowest BCUT2D eigenvalue weighted by atomic mass is 10.1. The van der Waals surface area contributed by atoms with Crippen LogP contribution >= 0.6 is 11.3 Å². The second kappa shape index (κ2) is 8.39. The van der Waals surface area contributed by atoms with Crippen LogP contribution in [0.5, 0.6) is 5.75 Å². The largest absolute Gasteiger partial charge is 0.485 e. The van der Waals surface area contributed by atoms with E-state index in [1.807, 2.05) is 31.4 Å². The number of amides is 1. The molecule has 0 saturated heterocycles. The van der Waals surface area contributed by atoms with Gasteiger partial charge in [-0.3, -0.25) is 4.79 Å². The minimum Gasteiger partial charge on any atom is -0.485 e. The number of carbonyl (C=O) groups is 1. The van der Waals surface area contributed by atoms with Crippen LogP contribution in [0.4, 0.5) is 0 Å². The Labute approximate surface area is 163 Å². The van der Waals surface area contributed by atoms with Crippen molar-refractivity contribution in [2.45, 2.75) is 40.3 Å². The zero-order valence-corrected chi connectivity index (χ0v) is 16.9. The van der Waals surface area contributed by atoms with Crippen molar-refractivity contribution in [1.82, 2.24) is 9.88 Å². The first-order chi connectivity index (χ1) is 13.0. The third-order valence-electron chi connectivity index (χ3n) is 4.22. The van der Waals surface area contributed by atoms with Crippen LogP contribution in [0.1, 0.15) is 45.1 Å². The summed E-state index contributed by atoms with van der Waals surface area (Å²) in [6.07, 6.45) is 0.907. The highest BCUT2D eigenvalue weighted by Gasteiger charge is 2.17. The Balaban J connectivity index is 1.59. The second-order valence-electron chi connectivity index (χ2n) is 6.57. The summed E-state index contributed by atoms with van der Waals surface area (Å²) in [4.78, 5) is 18.7. The van der Waals surface area contributed by atoms with Crippen LogP contribution in [0, 0.1) is 13.8 Å². The topological polar surface area (TPSA) is 55.6 Å². The van der Waals surface area contributed by atoms with Crippen molar-refractivity contribution in [2.24, 2.45) is 0 Å². The summed E-state index contributed by atoms with van der Waals surface area (Å²) in [5.41, 5.74) is 3.17. The van der Waals surface area contributed by atoms with Gasteiger partial charge in [0.25, 0.3) is 5.91 Å². The lowest BCUT2D eigenvalue weighted by molar-refractivity contribution is 0.0747. The van der Waals surface area contributed by atoms with Gasteiger partial charge < -0.3 is 14.1 Å². The van der Waals surface area contributed by atoms with Gasteiger partial charge in [-0.1, -0.05) is 24.6 Å². The van der Waals surface area contributed by atoms with Crippen molar-refractivity contribution in [1.29, 1.82) is 0 Å². The molecule has 0 unspecified atom stereocenters. The van der Waals surface area contributed by atoms with Gasteiger partial charge in [0.15, 0.2) is 5.76 Å². The van der Waals surface area contributed by atoms with E-state index in [2.05, 4.69) is 18.0 Å². The molecule has 0 spiro atoms. The number of furan rings is 1. The smallest absolute Gasteiger partial charge is 0.289 e. The predicted octanol–water partition coefficient (Wildman–Crippen LogP) is 4.77. The fourth-order valence-corrected chi connectivity index (χ4v) is 3.50. The highest BCUT2D eigenvalue weighted by Crippen LogP contribution is 2.21. The summed E-state index contributed by atoms with van der Waals surface area (Å²) in [5.74, 6) is 1.58. The van der Waals surface area contributed by atoms with Crippen molar-refractivity contribution in [3.8, 4) is 5.75 Å². The minimum absolute atomic E-state index is 0.168. The number of hydrogen-bond donors (Lipinski definition) is 0. The zero-order chi connectivity index (χ0) is 19.4. The molecule has 0 aliphatic heterocycles. The molecule has 0 bridgehead atoms. The molecule has 142 valence electrons. The summed E-state index contributed by atoms with van der Waals surface area (Å²) in [6, 6.07) is 9.51. The van der Waals surface area contributed by atoms with Crippen LogP contribution in [0.25, 0.3) is 0 Å². The molecule has 5 nitrogen and oxygen atoms in total. The maximum atomic E-state index is 12.6. The lowest BCUT2D eigenvalue weighted by Gasteiger charge is -2.14. The quantitative estimate of drug-likeness (QED) is 0.589. The first kappa shape index (κ1) is 19.2. The number of rotatable bonds is 7. The molecule has 0 radical (unpaired) electrons. The minimum atomic E-state index is -0.168. The molecular weight excluding hydrogens is 360 g/mol. The van der Waals surface area contributed by atoms with Crippen LogP contribution < -0.4 is 4.74 Å². The van der Waals surface area contributed by atoms with Crippen molar-refractivity contribution < 1.29 is 13.9 Å². The molecule has 0 saturated carbocycles. The molecule has 1 aromatic carbocycles. The van der Waals surface area contributed by atoms with Gasteiger partial charge in [0.1, 0.15) is 18.1 Å². The van der Waals surface area contributed by atoms with Gasteiger partial charge >= 0.3 is 0 Å². The first-order valence-corrected chi connectivity index (χ1v) is 9.81. The molecule has 3 rings (SSSR count). The van der Waals surface area contributed by atoms with Crippen molar-refractivity contribution in [3.63, 3.8) is 0 Å². The van der Waals surface area contributed by atoms with Crippen LogP contribution in [0.3, 0.4) is 0 Å². The van der Waals surface area contributed by atoms with Gasteiger partial charge in [-0.2, -0.15) is 0 Å². The summed E-state index contributed by atoms with van der Waals surface area (Å²) in [5, 5.41) is 3.07. The van der Waals surface area contributed by atoms with E-state index in [9.17, 15) is 4.79 Å². The number of ether oxygens (including phenoxy) is 1. The Bertz CT molecular complexity index is 929. The maximum Gasteiger partial charge on any atom is 0.289 e.